The van der Waals surface area contributed by atoms with Gasteiger partial charge in [0.15, 0.2) is 0 Å². The highest BCUT2D eigenvalue weighted by molar-refractivity contribution is 5.74. The second-order valence-electron chi connectivity index (χ2n) is 2.66. The van der Waals surface area contributed by atoms with Crippen LogP contribution in [0.15, 0.2) is 0 Å². The van der Waals surface area contributed by atoms with Crippen LogP contribution in [-0.2, 0) is 9.63 Å². The number of carbonyl (C=O) groups excluding carboxylic acids is 1. The van der Waals surface area contributed by atoms with Crippen molar-refractivity contribution in [3.63, 3.8) is 0 Å². The standard InChI is InChI=1S/C6H13NO2.C4H10/c1-4-6(8)7(3)9-5-2;1-3-4-2/h4-5H2,1-3H3;3-4H2,1-2H3. The topological polar surface area (TPSA) is 29.5 Å². The lowest BCUT2D eigenvalue weighted by molar-refractivity contribution is -0.176. The first kappa shape index (κ1) is 14.9. The summed E-state index contributed by atoms with van der Waals surface area (Å²) in [5.74, 6) is 0.0110. The summed E-state index contributed by atoms with van der Waals surface area (Å²) in [6, 6.07) is 0. The molecule has 0 radical (unpaired) electrons. The Balaban J connectivity index is 0. The van der Waals surface area contributed by atoms with Gasteiger partial charge in [0.2, 0.25) is 5.91 Å². The van der Waals surface area contributed by atoms with Crippen LogP contribution in [-0.4, -0.2) is 24.6 Å². The molecule has 0 fully saturated rings. The predicted octanol–water partition coefficient (Wildman–Crippen LogP) is 2.61. The molecule has 0 aromatic carbocycles. The Morgan fingerprint density at radius 3 is 1.85 bits per heavy atom. The van der Waals surface area contributed by atoms with Gasteiger partial charge in [-0.15, -0.1) is 0 Å². The Kier molecular flexibility index (Phi) is 13.1. The summed E-state index contributed by atoms with van der Waals surface area (Å²) < 4.78 is 0. The summed E-state index contributed by atoms with van der Waals surface area (Å²) in [4.78, 5) is 15.6. The van der Waals surface area contributed by atoms with E-state index < -0.39 is 0 Å². The third-order valence-corrected chi connectivity index (χ3v) is 1.48. The minimum Gasteiger partial charge on any atom is -0.273 e. The number of amides is 1. The molecular formula is C10H23NO2. The molecule has 0 aliphatic rings. The van der Waals surface area contributed by atoms with E-state index in [1.165, 1.54) is 17.9 Å². The molecule has 0 N–H and O–H groups in total. The normalized spacial score (nSPS) is 8.69. The van der Waals surface area contributed by atoms with E-state index >= 15 is 0 Å². The van der Waals surface area contributed by atoms with E-state index in [1.807, 2.05) is 6.92 Å². The average Bonchev–Trinajstić information content (AvgIpc) is 2.17. The van der Waals surface area contributed by atoms with Gasteiger partial charge in [0.25, 0.3) is 0 Å². The number of hydroxylamine groups is 2. The highest BCUT2D eigenvalue weighted by Crippen LogP contribution is 1.89. The Morgan fingerprint density at radius 1 is 1.15 bits per heavy atom. The molecule has 0 rings (SSSR count). The van der Waals surface area contributed by atoms with Gasteiger partial charge in [-0.3, -0.25) is 9.63 Å². The number of carbonyl (C=O) groups is 1. The molecule has 1 amide bonds. The van der Waals surface area contributed by atoms with Crippen LogP contribution in [0.4, 0.5) is 0 Å². The molecule has 0 bridgehead atoms. The number of unbranched alkanes of at least 4 members (excludes halogenated alkanes) is 1. The highest BCUT2D eigenvalue weighted by atomic mass is 16.7. The first-order chi connectivity index (χ1) is 6.13. The van der Waals surface area contributed by atoms with Crippen LogP contribution in [0, 0.1) is 0 Å². The van der Waals surface area contributed by atoms with Gasteiger partial charge in [0.05, 0.1) is 6.61 Å². The van der Waals surface area contributed by atoms with Crippen molar-refractivity contribution in [2.75, 3.05) is 13.7 Å². The molecular weight excluding hydrogens is 166 g/mol. The lowest BCUT2D eigenvalue weighted by Gasteiger charge is -2.13. The maximum absolute atomic E-state index is 10.7. The molecule has 3 nitrogen and oxygen atoms in total. The van der Waals surface area contributed by atoms with Gasteiger partial charge in [-0.2, -0.15) is 0 Å². The second-order valence-corrected chi connectivity index (χ2v) is 2.66. The molecule has 0 atom stereocenters. The quantitative estimate of drug-likeness (QED) is 0.636. The summed E-state index contributed by atoms with van der Waals surface area (Å²) in [7, 11) is 1.62. The zero-order chi connectivity index (χ0) is 10.7. The van der Waals surface area contributed by atoms with Crippen molar-refractivity contribution in [1.82, 2.24) is 5.06 Å². The minimum atomic E-state index is 0.0110. The van der Waals surface area contributed by atoms with Gasteiger partial charge in [-0.25, -0.2) is 5.06 Å². The summed E-state index contributed by atoms with van der Waals surface area (Å²) in [5.41, 5.74) is 0. The number of hydrogen-bond acceptors (Lipinski definition) is 2. The molecule has 0 aliphatic heterocycles. The predicted molar refractivity (Wildman–Crippen MR) is 55.3 cm³/mol. The monoisotopic (exact) mass is 189 g/mol. The first-order valence-electron chi connectivity index (χ1n) is 5.03. The smallest absolute Gasteiger partial charge is 0.245 e. The minimum absolute atomic E-state index is 0.0110. The Morgan fingerprint density at radius 2 is 1.62 bits per heavy atom. The van der Waals surface area contributed by atoms with Crippen molar-refractivity contribution in [3.05, 3.63) is 0 Å². The summed E-state index contributed by atoms with van der Waals surface area (Å²) in [6.07, 6.45) is 3.14. The molecule has 0 saturated heterocycles. The summed E-state index contributed by atoms with van der Waals surface area (Å²) in [5, 5.41) is 1.26. The van der Waals surface area contributed by atoms with Gasteiger partial charge in [0.1, 0.15) is 0 Å². The van der Waals surface area contributed by atoms with Crippen molar-refractivity contribution < 1.29 is 9.63 Å². The van der Waals surface area contributed by atoms with E-state index in [0.717, 1.165) is 0 Å². The lowest BCUT2D eigenvalue weighted by atomic mass is 10.4. The van der Waals surface area contributed by atoms with Crippen molar-refractivity contribution in [2.45, 2.75) is 47.0 Å². The van der Waals surface area contributed by atoms with Crippen LogP contribution in [0.1, 0.15) is 47.0 Å². The molecule has 0 aliphatic carbocycles. The van der Waals surface area contributed by atoms with E-state index in [4.69, 9.17) is 4.84 Å². The summed E-state index contributed by atoms with van der Waals surface area (Å²) >= 11 is 0. The van der Waals surface area contributed by atoms with Crippen LogP contribution in [0.3, 0.4) is 0 Å². The third kappa shape index (κ3) is 11.4. The fourth-order valence-corrected chi connectivity index (χ4v) is 0.488. The van der Waals surface area contributed by atoms with Crippen LogP contribution in [0.2, 0.25) is 0 Å². The van der Waals surface area contributed by atoms with Crippen LogP contribution < -0.4 is 0 Å². The second kappa shape index (κ2) is 11.4. The number of hydrogen-bond donors (Lipinski definition) is 0. The first-order valence-corrected chi connectivity index (χ1v) is 5.03. The van der Waals surface area contributed by atoms with Gasteiger partial charge in [0, 0.05) is 13.5 Å². The van der Waals surface area contributed by atoms with Gasteiger partial charge < -0.3 is 0 Å². The fourth-order valence-electron chi connectivity index (χ4n) is 0.488. The van der Waals surface area contributed by atoms with Gasteiger partial charge in [-0.1, -0.05) is 33.6 Å². The maximum Gasteiger partial charge on any atom is 0.245 e. The molecule has 0 aromatic rings. The highest BCUT2D eigenvalue weighted by Gasteiger charge is 2.02. The Bertz CT molecular complexity index is 113. The maximum atomic E-state index is 10.7. The van der Waals surface area contributed by atoms with E-state index in [-0.39, 0.29) is 5.91 Å². The van der Waals surface area contributed by atoms with E-state index in [0.29, 0.717) is 13.0 Å². The Labute approximate surface area is 82.0 Å². The molecule has 0 aromatic heterocycles. The third-order valence-electron chi connectivity index (χ3n) is 1.48. The number of rotatable bonds is 4. The summed E-state index contributed by atoms with van der Waals surface area (Å²) in [6.45, 7) is 8.56. The largest absolute Gasteiger partial charge is 0.273 e. The molecule has 3 heteroatoms. The fraction of sp³-hybridized carbons (Fsp3) is 0.900. The zero-order valence-corrected chi connectivity index (χ0v) is 9.59. The van der Waals surface area contributed by atoms with Crippen molar-refractivity contribution in [3.8, 4) is 0 Å². The molecule has 0 unspecified atom stereocenters. The lowest BCUT2D eigenvalue weighted by Crippen LogP contribution is -2.25. The molecule has 0 heterocycles. The van der Waals surface area contributed by atoms with E-state index in [9.17, 15) is 4.79 Å². The van der Waals surface area contributed by atoms with Gasteiger partial charge in [-0.05, 0) is 6.92 Å². The average molecular weight is 189 g/mol. The number of nitrogens with zero attached hydrogens (tertiary/aromatic N) is 1. The van der Waals surface area contributed by atoms with Crippen LogP contribution in [0.5, 0.6) is 0 Å². The van der Waals surface area contributed by atoms with Crippen molar-refractivity contribution >= 4 is 5.91 Å². The SMILES string of the molecule is CCCC.CCON(C)C(=O)CC. The molecule has 0 spiro atoms. The van der Waals surface area contributed by atoms with E-state index in [2.05, 4.69) is 13.8 Å². The molecule has 0 saturated carbocycles. The van der Waals surface area contributed by atoms with Crippen LogP contribution >= 0.6 is 0 Å². The zero-order valence-electron chi connectivity index (χ0n) is 9.59. The molecule has 13 heavy (non-hydrogen) atoms. The van der Waals surface area contributed by atoms with E-state index in [1.54, 1.807) is 14.0 Å². The van der Waals surface area contributed by atoms with Crippen LogP contribution in [0.25, 0.3) is 0 Å². The van der Waals surface area contributed by atoms with Gasteiger partial charge >= 0.3 is 0 Å². The molecule has 80 valence electrons. The van der Waals surface area contributed by atoms with Crippen molar-refractivity contribution in [1.29, 1.82) is 0 Å². The van der Waals surface area contributed by atoms with Crippen molar-refractivity contribution in [2.24, 2.45) is 0 Å². The Hall–Kier alpha value is -0.570.